The number of hydrogen-bond donors (Lipinski definition) is 10. The highest BCUT2D eigenvalue weighted by atomic mass is 16.8. The minimum Gasteiger partial charge on any atom is -0.508 e. The lowest BCUT2D eigenvalue weighted by Gasteiger charge is -2.42. The van der Waals surface area contributed by atoms with Crippen molar-refractivity contribution < 1.29 is 74.4 Å². The average Bonchev–Trinajstić information content (AvgIpc) is 3.23. The van der Waals surface area contributed by atoms with Gasteiger partial charge in [0, 0.05) is 17.7 Å². The summed E-state index contributed by atoms with van der Waals surface area (Å²) < 4.78 is 28.0. The van der Waals surface area contributed by atoms with Crippen molar-refractivity contribution in [3.8, 4) is 40.1 Å². The van der Waals surface area contributed by atoms with Gasteiger partial charge in [-0.25, -0.2) is 0 Å². The molecule has 16 heteroatoms. The summed E-state index contributed by atoms with van der Waals surface area (Å²) in [4.78, 5) is 13.7. The van der Waals surface area contributed by atoms with Gasteiger partial charge in [0.1, 0.15) is 52.5 Å². The van der Waals surface area contributed by atoms with E-state index in [0.717, 1.165) is 24.3 Å². The van der Waals surface area contributed by atoms with Crippen LogP contribution < -0.4 is 10.2 Å². The molecule has 0 spiro atoms. The van der Waals surface area contributed by atoms with E-state index >= 15 is 0 Å². The first-order chi connectivity index (χ1) is 19.9. The van der Waals surface area contributed by atoms with Crippen LogP contribution in [0, 0.1) is 0 Å². The number of benzene rings is 2. The molecule has 2 aromatic carbocycles. The second kappa shape index (κ2) is 11.2. The van der Waals surface area contributed by atoms with Crippen LogP contribution in [0.1, 0.15) is 0 Å². The van der Waals surface area contributed by atoms with Crippen LogP contribution in [-0.4, -0.2) is 120 Å². The maximum Gasteiger partial charge on any atom is 0.239 e. The van der Waals surface area contributed by atoms with E-state index in [2.05, 4.69) is 0 Å². The molecule has 0 aliphatic carbocycles. The Hall–Kier alpha value is -3.71. The van der Waals surface area contributed by atoms with Crippen LogP contribution >= 0.6 is 0 Å². The molecule has 5 rings (SSSR count). The first-order valence-electron chi connectivity index (χ1n) is 12.5. The van der Waals surface area contributed by atoms with Gasteiger partial charge in [0.25, 0.3) is 0 Å². The largest absolute Gasteiger partial charge is 0.508 e. The van der Waals surface area contributed by atoms with Crippen molar-refractivity contribution in [1.82, 2.24) is 0 Å². The van der Waals surface area contributed by atoms with Crippen LogP contribution in [0.25, 0.3) is 22.3 Å². The average molecular weight is 596 g/mol. The summed E-state index contributed by atoms with van der Waals surface area (Å²) in [6, 6.07) is 5.21. The highest BCUT2D eigenvalue weighted by Crippen LogP contribution is 2.40. The molecule has 10 N–H and O–H groups in total. The van der Waals surface area contributed by atoms with Gasteiger partial charge in [0.05, 0.1) is 19.8 Å². The minimum absolute atomic E-state index is 0.0442. The second-order valence-electron chi connectivity index (χ2n) is 9.94. The predicted octanol–water partition coefficient (Wildman–Crippen LogP) is -2.07. The summed E-state index contributed by atoms with van der Waals surface area (Å²) in [5.74, 6) is -3.39. The molecule has 0 unspecified atom stereocenters. The molecule has 228 valence electrons. The van der Waals surface area contributed by atoms with Gasteiger partial charge < -0.3 is 74.4 Å². The Bertz CT molecular complexity index is 1520. The molecule has 2 saturated heterocycles. The zero-order chi connectivity index (χ0) is 30.5. The van der Waals surface area contributed by atoms with Crippen LogP contribution in [0.3, 0.4) is 0 Å². The van der Waals surface area contributed by atoms with E-state index in [0.29, 0.717) is 0 Å². The molecule has 2 aliphatic rings. The number of rotatable bonds is 7. The lowest BCUT2D eigenvalue weighted by atomic mass is 9.98. The van der Waals surface area contributed by atoms with Gasteiger partial charge in [0.15, 0.2) is 29.7 Å². The summed E-state index contributed by atoms with van der Waals surface area (Å²) in [6.45, 7) is -2.31. The van der Waals surface area contributed by atoms with E-state index in [1.807, 2.05) is 0 Å². The Morgan fingerprint density at radius 3 is 2.31 bits per heavy atom. The van der Waals surface area contributed by atoms with Crippen molar-refractivity contribution in [3.05, 3.63) is 40.6 Å². The third-order valence-electron chi connectivity index (χ3n) is 7.08. The Morgan fingerprint density at radius 1 is 0.929 bits per heavy atom. The first kappa shape index (κ1) is 29.8. The Kier molecular flexibility index (Phi) is 7.92. The van der Waals surface area contributed by atoms with Crippen LogP contribution in [-0.2, 0) is 14.2 Å². The van der Waals surface area contributed by atoms with E-state index < -0.39 is 114 Å². The third-order valence-corrected chi connectivity index (χ3v) is 7.08. The van der Waals surface area contributed by atoms with E-state index in [1.165, 1.54) is 6.07 Å². The molecule has 0 saturated carbocycles. The minimum atomic E-state index is -2.12. The molecule has 3 heterocycles. The molecule has 3 aromatic rings. The fourth-order valence-electron chi connectivity index (χ4n) is 4.71. The molecule has 0 amide bonds. The lowest BCUT2D eigenvalue weighted by Crippen LogP contribution is -2.62. The number of ether oxygens (including phenoxy) is 4. The summed E-state index contributed by atoms with van der Waals surface area (Å²) >= 11 is 0. The zero-order valence-corrected chi connectivity index (χ0v) is 21.5. The molecule has 42 heavy (non-hydrogen) atoms. The molecule has 16 nitrogen and oxygen atoms in total. The fraction of sp³-hybridized carbons (Fsp3) is 0.423. The smallest absolute Gasteiger partial charge is 0.239 e. The SMILES string of the molecule is O=c1c(O[C@@H]2O[C@H](CO)[C@H](O)[C@H](O)[C@H]2O[C@@H]2OC[C@](O)(CO)[C@@H]2O)c(-c2ccc(O)c(O)c2)oc2cc(O)cc(O)c12. The highest BCUT2D eigenvalue weighted by molar-refractivity contribution is 5.88. The Morgan fingerprint density at radius 2 is 1.67 bits per heavy atom. The van der Waals surface area contributed by atoms with Gasteiger partial charge in [-0.3, -0.25) is 4.79 Å². The Balaban J connectivity index is 1.62. The standard InChI is InChI=1S/C26H28O16/c27-6-15-17(33)19(35)22(42-25-23(36)26(37,7-28)8-38-25)24(40-15)41-21-18(34)16-13(32)4-10(29)5-14(16)39-20(21)9-1-2-11(30)12(31)3-9/h1-5,15,17,19,22-25,27-33,35-37H,6-8H2/t15-,17+,19+,22-,23-,24+,25+,26-/m1/s1. The maximum absolute atomic E-state index is 13.7. The van der Waals surface area contributed by atoms with Crippen molar-refractivity contribution >= 4 is 11.0 Å². The van der Waals surface area contributed by atoms with Crippen LogP contribution in [0.5, 0.6) is 28.7 Å². The zero-order valence-electron chi connectivity index (χ0n) is 21.5. The van der Waals surface area contributed by atoms with Gasteiger partial charge in [0.2, 0.25) is 17.5 Å². The number of hydrogen-bond acceptors (Lipinski definition) is 16. The van der Waals surface area contributed by atoms with Crippen molar-refractivity contribution in [1.29, 1.82) is 0 Å². The van der Waals surface area contributed by atoms with Crippen LogP contribution in [0.15, 0.2) is 39.5 Å². The van der Waals surface area contributed by atoms with Gasteiger partial charge in [-0.2, -0.15) is 0 Å². The monoisotopic (exact) mass is 596 g/mol. The number of aromatic hydroxyl groups is 4. The van der Waals surface area contributed by atoms with E-state index in [4.69, 9.17) is 23.4 Å². The first-order valence-corrected chi connectivity index (χ1v) is 12.5. The molecule has 2 aliphatic heterocycles. The summed E-state index contributed by atoms with van der Waals surface area (Å²) in [5.41, 5.74) is -3.51. The van der Waals surface area contributed by atoms with Crippen molar-refractivity contribution in [3.63, 3.8) is 0 Å². The molecular formula is C26H28O16. The van der Waals surface area contributed by atoms with Gasteiger partial charge in [-0.05, 0) is 18.2 Å². The van der Waals surface area contributed by atoms with Crippen molar-refractivity contribution in [2.24, 2.45) is 0 Å². The number of phenolic OH excluding ortho intramolecular Hbond substituents is 4. The molecule has 1 aromatic heterocycles. The summed E-state index contributed by atoms with van der Waals surface area (Å²) in [7, 11) is 0. The lowest BCUT2D eigenvalue weighted by molar-refractivity contribution is -0.319. The number of fused-ring (bicyclic) bond motifs is 1. The molecule has 0 bridgehead atoms. The number of aliphatic hydroxyl groups is 6. The van der Waals surface area contributed by atoms with Crippen molar-refractivity contribution in [2.75, 3.05) is 19.8 Å². The number of phenols is 4. The van der Waals surface area contributed by atoms with E-state index in [-0.39, 0.29) is 11.1 Å². The maximum atomic E-state index is 13.7. The summed E-state index contributed by atoms with van der Waals surface area (Å²) in [5, 5.41) is 101. The molecule has 2 fully saturated rings. The van der Waals surface area contributed by atoms with Gasteiger partial charge in [-0.15, -0.1) is 0 Å². The van der Waals surface area contributed by atoms with Gasteiger partial charge >= 0.3 is 0 Å². The molecule has 8 atom stereocenters. The molecule has 0 radical (unpaired) electrons. The quantitative estimate of drug-likeness (QED) is 0.131. The predicted molar refractivity (Wildman–Crippen MR) is 136 cm³/mol. The second-order valence-corrected chi connectivity index (χ2v) is 9.94. The van der Waals surface area contributed by atoms with Crippen LogP contribution in [0.4, 0.5) is 0 Å². The fourth-order valence-corrected chi connectivity index (χ4v) is 4.71. The van der Waals surface area contributed by atoms with Crippen LogP contribution in [0.2, 0.25) is 0 Å². The van der Waals surface area contributed by atoms with Crippen molar-refractivity contribution in [2.45, 2.75) is 48.7 Å². The van der Waals surface area contributed by atoms with E-state index in [9.17, 15) is 55.9 Å². The summed E-state index contributed by atoms with van der Waals surface area (Å²) in [6.07, 6.45) is -12.3. The number of aliphatic hydroxyl groups excluding tert-OH is 5. The van der Waals surface area contributed by atoms with Gasteiger partial charge in [-0.1, -0.05) is 0 Å². The molecular weight excluding hydrogens is 568 g/mol. The highest BCUT2D eigenvalue weighted by Gasteiger charge is 2.53. The Labute approximate surface area is 235 Å². The van der Waals surface area contributed by atoms with E-state index in [1.54, 1.807) is 0 Å². The topological polar surface area (TPSA) is 269 Å². The normalized spacial score (nSPS) is 31.4. The third kappa shape index (κ3) is 5.08.